The number of nitriles is 1. The lowest BCUT2D eigenvalue weighted by molar-refractivity contribution is -0.0142. The molecule has 0 bridgehead atoms. The molecule has 0 N–H and O–H groups in total. The molecule has 1 saturated carbocycles. The lowest BCUT2D eigenvalue weighted by Crippen LogP contribution is -2.47. The molecule has 28 heavy (non-hydrogen) atoms. The van der Waals surface area contributed by atoms with Crippen LogP contribution in [0.5, 0.6) is 0 Å². The van der Waals surface area contributed by atoms with Crippen molar-refractivity contribution in [2.24, 2.45) is 5.92 Å². The minimum atomic E-state index is 0.314. The van der Waals surface area contributed by atoms with Gasteiger partial charge in [0.2, 0.25) is 11.6 Å². The topological polar surface area (TPSA) is 78.7 Å². The molecule has 7 heteroatoms. The Morgan fingerprint density at radius 3 is 2.79 bits per heavy atom. The van der Waals surface area contributed by atoms with Gasteiger partial charge in [-0.15, -0.1) is 0 Å². The molecule has 2 aromatic rings. The van der Waals surface area contributed by atoms with E-state index >= 15 is 0 Å². The number of rotatable bonds is 6. The van der Waals surface area contributed by atoms with Gasteiger partial charge in [0.05, 0.1) is 19.0 Å². The Morgan fingerprint density at radius 1 is 1.25 bits per heavy atom. The maximum Gasteiger partial charge on any atom is 0.266 e. The van der Waals surface area contributed by atoms with Crippen LogP contribution in [0.1, 0.15) is 38.3 Å². The monoisotopic (exact) mass is 384 g/mol. The highest BCUT2D eigenvalue weighted by Gasteiger charge is 2.26. The van der Waals surface area contributed by atoms with Crippen molar-refractivity contribution in [2.45, 2.75) is 38.7 Å². The van der Waals surface area contributed by atoms with E-state index in [1.165, 1.54) is 25.7 Å². The van der Waals surface area contributed by atoms with E-state index in [1.54, 1.807) is 18.4 Å². The first-order valence-corrected chi connectivity index (χ1v) is 10.3. The Labute approximate surface area is 165 Å². The summed E-state index contributed by atoms with van der Waals surface area (Å²) in [7, 11) is 0. The van der Waals surface area contributed by atoms with Gasteiger partial charge in [-0.25, -0.2) is 0 Å². The summed E-state index contributed by atoms with van der Waals surface area (Å²) in [6, 6.07) is 5.70. The van der Waals surface area contributed by atoms with Crippen LogP contribution in [0, 0.1) is 17.2 Å². The van der Waals surface area contributed by atoms with Crippen LogP contribution in [0.4, 0.5) is 5.88 Å². The highest BCUT2D eigenvalue weighted by molar-refractivity contribution is 5.55. The maximum atomic E-state index is 9.42. The molecule has 2 atom stereocenters. The van der Waals surface area contributed by atoms with E-state index in [9.17, 15) is 5.26 Å². The first-order valence-electron chi connectivity index (χ1n) is 10.3. The van der Waals surface area contributed by atoms with Gasteiger partial charge < -0.3 is 18.5 Å². The Balaban J connectivity index is 1.28. The van der Waals surface area contributed by atoms with Crippen LogP contribution in [-0.4, -0.2) is 55.3 Å². The third-order valence-electron chi connectivity index (χ3n) is 5.88. The summed E-state index contributed by atoms with van der Waals surface area (Å²) in [5, 5.41) is 9.42. The van der Waals surface area contributed by atoms with Crippen LogP contribution >= 0.6 is 0 Å². The van der Waals surface area contributed by atoms with Crippen LogP contribution < -0.4 is 4.90 Å². The summed E-state index contributed by atoms with van der Waals surface area (Å²) >= 11 is 0. The van der Waals surface area contributed by atoms with E-state index in [-0.39, 0.29) is 0 Å². The van der Waals surface area contributed by atoms with Gasteiger partial charge in [-0.1, -0.05) is 19.8 Å². The first-order chi connectivity index (χ1) is 13.7. The minimum Gasteiger partial charge on any atom is -0.459 e. The second-order valence-electron chi connectivity index (χ2n) is 7.76. The molecular weight excluding hydrogens is 356 g/mol. The number of furan rings is 1. The second kappa shape index (κ2) is 8.80. The van der Waals surface area contributed by atoms with Crippen molar-refractivity contribution in [3.05, 3.63) is 24.1 Å². The zero-order valence-corrected chi connectivity index (χ0v) is 16.5. The second-order valence-corrected chi connectivity index (χ2v) is 7.76. The molecule has 0 aromatic carbocycles. The number of ether oxygens (including phenoxy) is 1. The summed E-state index contributed by atoms with van der Waals surface area (Å²) in [5.74, 6) is 2.12. The van der Waals surface area contributed by atoms with Crippen LogP contribution in [0.25, 0.3) is 11.7 Å². The lowest BCUT2D eigenvalue weighted by atomic mass is 9.88. The predicted octanol–water partition coefficient (Wildman–Crippen LogP) is 3.52. The van der Waals surface area contributed by atoms with Crippen LogP contribution in [0.15, 0.2) is 27.2 Å². The SMILES string of the molecule is CC1CCCCC1OCCN1CCN(c2oc(-c3ccco3)nc2C#N)CC1. The average Bonchev–Trinajstić information content (AvgIpc) is 3.39. The molecule has 150 valence electrons. The number of nitrogens with zero attached hydrogens (tertiary/aromatic N) is 4. The molecule has 2 aliphatic rings. The van der Waals surface area contributed by atoms with Gasteiger partial charge in [0.25, 0.3) is 5.89 Å². The molecule has 4 rings (SSSR count). The summed E-state index contributed by atoms with van der Waals surface area (Å²) in [4.78, 5) is 8.79. The van der Waals surface area contributed by atoms with E-state index in [4.69, 9.17) is 13.6 Å². The van der Waals surface area contributed by atoms with Gasteiger partial charge in [-0.2, -0.15) is 10.2 Å². The summed E-state index contributed by atoms with van der Waals surface area (Å²) < 4.78 is 17.3. The number of hydrogen-bond acceptors (Lipinski definition) is 7. The Kier molecular flexibility index (Phi) is 5.98. The largest absolute Gasteiger partial charge is 0.459 e. The van der Waals surface area contributed by atoms with Crippen LogP contribution in [0.2, 0.25) is 0 Å². The molecule has 0 amide bonds. The fraction of sp³-hybridized carbons (Fsp3) is 0.619. The fourth-order valence-corrected chi connectivity index (χ4v) is 4.14. The molecule has 3 heterocycles. The van der Waals surface area contributed by atoms with Gasteiger partial charge in [0, 0.05) is 32.7 Å². The van der Waals surface area contributed by atoms with Gasteiger partial charge in [0.15, 0.2) is 5.76 Å². The summed E-state index contributed by atoms with van der Waals surface area (Å²) in [6.45, 7) is 7.52. The Morgan fingerprint density at radius 2 is 2.07 bits per heavy atom. The van der Waals surface area contributed by atoms with E-state index < -0.39 is 0 Å². The van der Waals surface area contributed by atoms with Gasteiger partial charge in [-0.05, 0) is 30.9 Å². The van der Waals surface area contributed by atoms with Gasteiger partial charge >= 0.3 is 0 Å². The van der Waals surface area contributed by atoms with Crippen molar-refractivity contribution in [2.75, 3.05) is 44.2 Å². The smallest absolute Gasteiger partial charge is 0.266 e. The summed E-state index contributed by atoms with van der Waals surface area (Å²) in [6.07, 6.45) is 7.14. The van der Waals surface area contributed by atoms with Crippen molar-refractivity contribution in [1.29, 1.82) is 5.26 Å². The standard InChI is InChI=1S/C21H28N4O3/c1-16-5-2-3-6-18(16)27-14-12-24-8-10-25(11-9-24)21-17(15-22)23-20(28-21)19-7-4-13-26-19/h4,7,13,16,18H,2-3,5-6,8-12,14H2,1H3. The highest BCUT2D eigenvalue weighted by atomic mass is 16.5. The zero-order chi connectivity index (χ0) is 19.3. The Hall–Kier alpha value is -2.30. The molecule has 2 fully saturated rings. The van der Waals surface area contributed by atoms with E-state index in [2.05, 4.69) is 27.8 Å². The number of hydrogen-bond donors (Lipinski definition) is 0. The normalized spacial score (nSPS) is 23.6. The number of piperazine rings is 1. The van der Waals surface area contributed by atoms with Crippen LogP contribution in [0.3, 0.4) is 0 Å². The predicted molar refractivity (Wildman–Crippen MR) is 105 cm³/mol. The van der Waals surface area contributed by atoms with E-state index in [0.717, 1.165) is 39.3 Å². The zero-order valence-electron chi connectivity index (χ0n) is 16.5. The molecule has 0 spiro atoms. The third kappa shape index (κ3) is 4.23. The van der Waals surface area contributed by atoms with Crippen molar-refractivity contribution < 1.29 is 13.6 Å². The molecule has 1 saturated heterocycles. The molecule has 1 aliphatic heterocycles. The molecular formula is C21H28N4O3. The fourth-order valence-electron chi connectivity index (χ4n) is 4.14. The van der Waals surface area contributed by atoms with Crippen molar-refractivity contribution in [3.8, 4) is 17.7 Å². The first kappa shape index (κ1) is 19.0. The lowest BCUT2D eigenvalue weighted by Gasteiger charge is -2.35. The minimum absolute atomic E-state index is 0.314. The number of oxazole rings is 1. The molecule has 7 nitrogen and oxygen atoms in total. The Bertz CT molecular complexity index is 787. The van der Waals surface area contributed by atoms with Gasteiger partial charge in [-0.3, -0.25) is 4.90 Å². The molecule has 2 aromatic heterocycles. The van der Waals surface area contributed by atoms with Crippen LogP contribution in [-0.2, 0) is 4.74 Å². The van der Waals surface area contributed by atoms with Gasteiger partial charge in [0.1, 0.15) is 6.07 Å². The van der Waals surface area contributed by atoms with Crippen molar-refractivity contribution in [3.63, 3.8) is 0 Å². The van der Waals surface area contributed by atoms with E-state index in [1.807, 2.05) is 0 Å². The third-order valence-corrected chi connectivity index (χ3v) is 5.88. The molecule has 0 radical (unpaired) electrons. The quantitative estimate of drug-likeness (QED) is 0.754. The summed E-state index contributed by atoms with van der Waals surface area (Å²) in [5.41, 5.74) is 0.314. The van der Waals surface area contributed by atoms with Crippen molar-refractivity contribution in [1.82, 2.24) is 9.88 Å². The number of anilines is 1. The van der Waals surface area contributed by atoms with Crippen molar-refractivity contribution >= 4 is 5.88 Å². The average molecular weight is 384 g/mol. The molecule has 2 unspecified atom stereocenters. The number of aromatic nitrogens is 1. The maximum absolute atomic E-state index is 9.42. The van der Waals surface area contributed by atoms with E-state index in [0.29, 0.717) is 35.3 Å². The molecule has 1 aliphatic carbocycles. The highest BCUT2D eigenvalue weighted by Crippen LogP contribution is 2.29.